The van der Waals surface area contributed by atoms with Crippen LogP contribution in [-0.2, 0) is 0 Å². The summed E-state index contributed by atoms with van der Waals surface area (Å²) in [6.07, 6.45) is 7.88. The summed E-state index contributed by atoms with van der Waals surface area (Å²) in [4.78, 5) is 4.07. The molecule has 0 saturated heterocycles. The number of allylic oxidation sites excluding steroid dienone is 4. The molecule has 0 spiro atoms. The lowest BCUT2D eigenvalue weighted by Gasteiger charge is -2.02. The van der Waals surface area contributed by atoms with Crippen molar-refractivity contribution in [2.75, 3.05) is 0 Å². The zero-order valence-electron chi connectivity index (χ0n) is 8.96. The SMILES string of the molecule is C=CC(=C/C(=C)C)/C(=C\CC)N=CN. The minimum absolute atomic E-state index is 0.841. The van der Waals surface area contributed by atoms with Crippen LogP contribution in [0.5, 0.6) is 0 Å². The first-order chi connectivity index (χ1) is 6.65. The van der Waals surface area contributed by atoms with Gasteiger partial charge in [-0.2, -0.15) is 0 Å². The zero-order valence-corrected chi connectivity index (χ0v) is 8.96. The first-order valence-electron chi connectivity index (χ1n) is 4.60. The maximum absolute atomic E-state index is 5.27. The molecule has 0 rings (SSSR count). The van der Waals surface area contributed by atoms with Gasteiger partial charge < -0.3 is 5.73 Å². The minimum atomic E-state index is 0.841. The fourth-order valence-electron chi connectivity index (χ4n) is 1.02. The average molecular weight is 190 g/mol. The molecule has 2 heteroatoms. The molecule has 0 aromatic carbocycles. The van der Waals surface area contributed by atoms with Gasteiger partial charge in [0.05, 0.1) is 12.0 Å². The number of hydrogen-bond donors (Lipinski definition) is 1. The van der Waals surface area contributed by atoms with Gasteiger partial charge in [-0.1, -0.05) is 43.9 Å². The first kappa shape index (κ1) is 12.4. The summed E-state index contributed by atoms with van der Waals surface area (Å²) in [5.41, 5.74) is 8.02. The van der Waals surface area contributed by atoms with E-state index in [0.29, 0.717) is 0 Å². The van der Waals surface area contributed by atoms with Gasteiger partial charge in [0, 0.05) is 0 Å². The third-order valence-corrected chi connectivity index (χ3v) is 1.53. The van der Waals surface area contributed by atoms with Crippen LogP contribution in [-0.4, -0.2) is 6.34 Å². The normalized spacial score (nSPS) is 13.3. The molecule has 0 radical (unpaired) electrons. The van der Waals surface area contributed by atoms with E-state index < -0.39 is 0 Å². The largest absolute Gasteiger partial charge is 0.390 e. The quantitative estimate of drug-likeness (QED) is 0.404. The van der Waals surface area contributed by atoms with E-state index in [1.165, 1.54) is 6.34 Å². The predicted octanol–water partition coefficient (Wildman–Crippen LogP) is 2.96. The standard InChI is InChI=1S/C12H18N2/c1-5-7-12(14-9-13)11(6-2)8-10(3)4/h6-9H,2-3,5H2,1,4H3,(H2,13,14)/b11-8-,12-7+. The average Bonchev–Trinajstić information content (AvgIpc) is 2.13. The molecular weight excluding hydrogens is 172 g/mol. The summed E-state index contributed by atoms with van der Waals surface area (Å²) in [5.74, 6) is 0. The summed E-state index contributed by atoms with van der Waals surface area (Å²) in [7, 11) is 0. The fourth-order valence-corrected chi connectivity index (χ4v) is 1.02. The van der Waals surface area contributed by atoms with Crippen molar-refractivity contribution in [1.82, 2.24) is 0 Å². The van der Waals surface area contributed by atoms with E-state index >= 15 is 0 Å². The van der Waals surface area contributed by atoms with E-state index in [2.05, 4.69) is 18.2 Å². The van der Waals surface area contributed by atoms with Crippen molar-refractivity contribution in [2.24, 2.45) is 10.7 Å². The van der Waals surface area contributed by atoms with Crippen molar-refractivity contribution in [3.05, 3.63) is 48.2 Å². The highest BCUT2D eigenvalue weighted by Gasteiger charge is 1.97. The van der Waals surface area contributed by atoms with Crippen LogP contribution >= 0.6 is 0 Å². The fraction of sp³-hybridized carbons (Fsp3) is 0.250. The molecule has 0 amide bonds. The van der Waals surface area contributed by atoms with Gasteiger partial charge in [0.1, 0.15) is 0 Å². The summed E-state index contributed by atoms with van der Waals surface area (Å²) in [5, 5.41) is 0. The van der Waals surface area contributed by atoms with E-state index in [4.69, 9.17) is 5.73 Å². The topological polar surface area (TPSA) is 38.4 Å². The second kappa shape index (κ2) is 6.89. The van der Waals surface area contributed by atoms with E-state index in [0.717, 1.165) is 23.3 Å². The molecule has 0 aromatic heterocycles. The molecule has 0 atom stereocenters. The van der Waals surface area contributed by atoms with Crippen LogP contribution in [0.3, 0.4) is 0 Å². The molecule has 0 aliphatic heterocycles. The van der Waals surface area contributed by atoms with Crippen LogP contribution in [0.4, 0.5) is 0 Å². The highest BCUT2D eigenvalue weighted by atomic mass is 14.8. The van der Waals surface area contributed by atoms with Crippen LogP contribution < -0.4 is 5.73 Å². The number of nitrogens with two attached hydrogens (primary N) is 1. The molecule has 2 nitrogen and oxygen atoms in total. The molecule has 0 bridgehead atoms. The van der Waals surface area contributed by atoms with Gasteiger partial charge in [-0.05, 0) is 18.9 Å². The number of aliphatic imine (C=N–C) groups is 1. The zero-order chi connectivity index (χ0) is 11.0. The highest BCUT2D eigenvalue weighted by Crippen LogP contribution is 2.15. The molecule has 0 saturated carbocycles. The predicted molar refractivity (Wildman–Crippen MR) is 64.1 cm³/mol. The van der Waals surface area contributed by atoms with Crippen LogP contribution in [0.25, 0.3) is 0 Å². The van der Waals surface area contributed by atoms with Crippen molar-refractivity contribution in [2.45, 2.75) is 20.3 Å². The Bertz CT molecular complexity index is 293. The van der Waals surface area contributed by atoms with Crippen LogP contribution in [0.2, 0.25) is 0 Å². The van der Waals surface area contributed by atoms with Gasteiger partial charge in [-0.25, -0.2) is 4.99 Å². The smallest absolute Gasteiger partial charge is 0.0860 e. The van der Waals surface area contributed by atoms with Gasteiger partial charge in [-0.15, -0.1) is 0 Å². The van der Waals surface area contributed by atoms with Gasteiger partial charge in [-0.3, -0.25) is 0 Å². The third kappa shape index (κ3) is 4.45. The Labute approximate surface area is 86.2 Å². The minimum Gasteiger partial charge on any atom is -0.390 e. The first-order valence-corrected chi connectivity index (χ1v) is 4.60. The van der Waals surface area contributed by atoms with E-state index in [-0.39, 0.29) is 0 Å². The Hall–Kier alpha value is -1.57. The van der Waals surface area contributed by atoms with Gasteiger partial charge >= 0.3 is 0 Å². The van der Waals surface area contributed by atoms with Crippen molar-refractivity contribution in [3.8, 4) is 0 Å². The molecule has 2 N–H and O–H groups in total. The second-order valence-electron chi connectivity index (χ2n) is 2.93. The maximum Gasteiger partial charge on any atom is 0.0860 e. The highest BCUT2D eigenvalue weighted by molar-refractivity contribution is 5.57. The molecule has 0 aromatic rings. The van der Waals surface area contributed by atoms with Gasteiger partial charge in [0.2, 0.25) is 0 Å². The van der Waals surface area contributed by atoms with Crippen LogP contribution in [0.15, 0.2) is 53.2 Å². The lowest BCUT2D eigenvalue weighted by Crippen LogP contribution is -1.92. The number of nitrogens with zero attached hydrogens (tertiary/aromatic N) is 1. The van der Waals surface area contributed by atoms with E-state index in [1.54, 1.807) is 6.08 Å². The van der Waals surface area contributed by atoms with Crippen molar-refractivity contribution in [1.29, 1.82) is 0 Å². The molecule has 0 aliphatic rings. The Balaban J connectivity index is 5.05. The molecule has 0 heterocycles. The molecule has 14 heavy (non-hydrogen) atoms. The van der Waals surface area contributed by atoms with Gasteiger partial charge in [0.15, 0.2) is 0 Å². The van der Waals surface area contributed by atoms with Crippen LogP contribution in [0.1, 0.15) is 20.3 Å². The molecular formula is C12H18N2. The maximum atomic E-state index is 5.27. The number of rotatable bonds is 5. The number of hydrogen-bond acceptors (Lipinski definition) is 1. The molecule has 0 aliphatic carbocycles. The van der Waals surface area contributed by atoms with Crippen LogP contribution in [0, 0.1) is 0 Å². The lowest BCUT2D eigenvalue weighted by molar-refractivity contribution is 1.17. The van der Waals surface area contributed by atoms with Crippen molar-refractivity contribution >= 4 is 6.34 Å². The molecule has 0 unspecified atom stereocenters. The monoisotopic (exact) mass is 190 g/mol. The second-order valence-corrected chi connectivity index (χ2v) is 2.93. The summed E-state index contributed by atoms with van der Waals surface area (Å²) >= 11 is 0. The Morgan fingerprint density at radius 2 is 2.14 bits per heavy atom. The van der Waals surface area contributed by atoms with E-state index in [9.17, 15) is 0 Å². The Kier molecular flexibility index (Phi) is 6.12. The van der Waals surface area contributed by atoms with Gasteiger partial charge in [0.25, 0.3) is 0 Å². The van der Waals surface area contributed by atoms with E-state index in [1.807, 2.05) is 26.0 Å². The summed E-state index contributed by atoms with van der Waals surface area (Å²) in [6, 6.07) is 0. The third-order valence-electron chi connectivity index (χ3n) is 1.53. The Morgan fingerprint density at radius 1 is 1.50 bits per heavy atom. The summed E-state index contributed by atoms with van der Waals surface area (Å²) in [6.45, 7) is 11.5. The summed E-state index contributed by atoms with van der Waals surface area (Å²) < 4.78 is 0. The van der Waals surface area contributed by atoms with Crippen molar-refractivity contribution in [3.63, 3.8) is 0 Å². The molecule has 0 fully saturated rings. The lowest BCUT2D eigenvalue weighted by atomic mass is 10.1. The van der Waals surface area contributed by atoms with Crippen molar-refractivity contribution < 1.29 is 0 Å². The Morgan fingerprint density at radius 3 is 2.50 bits per heavy atom. The molecule has 76 valence electrons.